The number of rotatable bonds is 5. The summed E-state index contributed by atoms with van der Waals surface area (Å²) in [4.78, 5) is 4.07. The summed E-state index contributed by atoms with van der Waals surface area (Å²) in [5.74, 6) is 0.805. The zero-order valence-corrected chi connectivity index (χ0v) is 10.7. The van der Waals surface area contributed by atoms with Crippen molar-refractivity contribution < 1.29 is 9.84 Å². The number of nitrogens with zero attached hydrogens (tertiary/aromatic N) is 2. The number of aromatic nitrogens is 2. The Morgan fingerprint density at radius 3 is 2.89 bits per heavy atom. The van der Waals surface area contributed by atoms with Crippen LogP contribution in [-0.4, -0.2) is 21.8 Å². The molecule has 1 atom stereocenters. The van der Waals surface area contributed by atoms with E-state index in [-0.39, 0.29) is 0 Å². The van der Waals surface area contributed by atoms with Crippen LogP contribution in [0.2, 0.25) is 0 Å². The van der Waals surface area contributed by atoms with Gasteiger partial charge in [0, 0.05) is 13.0 Å². The van der Waals surface area contributed by atoms with Gasteiger partial charge in [-0.2, -0.15) is 0 Å². The van der Waals surface area contributed by atoms with E-state index in [1.165, 1.54) is 0 Å². The second kappa shape index (κ2) is 5.69. The molecule has 0 bridgehead atoms. The van der Waals surface area contributed by atoms with Gasteiger partial charge in [-0.15, -0.1) is 0 Å². The first-order valence-corrected chi connectivity index (χ1v) is 6.06. The van der Waals surface area contributed by atoms with Crippen molar-refractivity contribution in [1.82, 2.24) is 9.55 Å². The Morgan fingerprint density at radius 1 is 1.39 bits per heavy atom. The van der Waals surface area contributed by atoms with Crippen molar-refractivity contribution >= 4 is 0 Å². The Kier molecular flexibility index (Phi) is 3.99. The smallest absolute Gasteiger partial charge is 0.122 e. The lowest BCUT2D eigenvalue weighted by Gasteiger charge is -2.14. The minimum Gasteiger partial charge on any atom is -0.496 e. The zero-order valence-electron chi connectivity index (χ0n) is 10.7. The molecule has 4 heteroatoms. The largest absolute Gasteiger partial charge is 0.496 e. The summed E-state index contributed by atoms with van der Waals surface area (Å²) in [7, 11) is 1.64. The topological polar surface area (TPSA) is 47.3 Å². The summed E-state index contributed by atoms with van der Waals surface area (Å²) in [6.45, 7) is 2.83. The van der Waals surface area contributed by atoms with Crippen LogP contribution in [0.1, 0.15) is 24.3 Å². The average molecular weight is 246 g/mol. The van der Waals surface area contributed by atoms with Crippen molar-refractivity contribution in [3.8, 4) is 5.75 Å². The first-order valence-electron chi connectivity index (χ1n) is 6.06. The van der Waals surface area contributed by atoms with Crippen LogP contribution >= 0.6 is 0 Å². The molecule has 1 N–H and O–H groups in total. The molecule has 1 unspecified atom stereocenters. The van der Waals surface area contributed by atoms with Crippen molar-refractivity contribution in [2.75, 3.05) is 7.11 Å². The van der Waals surface area contributed by atoms with E-state index in [2.05, 4.69) is 4.98 Å². The molecule has 0 fully saturated rings. The van der Waals surface area contributed by atoms with Gasteiger partial charge in [0.15, 0.2) is 0 Å². The number of hydrogen-bond donors (Lipinski definition) is 1. The van der Waals surface area contributed by atoms with E-state index in [1.807, 2.05) is 35.8 Å². The fourth-order valence-corrected chi connectivity index (χ4v) is 2.06. The molecule has 1 heterocycles. The third-order valence-corrected chi connectivity index (χ3v) is 3.03. The molecule has 0 aliphatic rings. The summed E-state index contributed by atoms with van der Waals surface area (Å²) < 4.78 is 7.23. The van der Waals surface area contributed by atoms with E-state index in [0.29, 0.717) is 6.42 Å². The lowest BCUT2D eigenvalue weighted by molar-refractivity contribution is 0.168. The number of ether oxygens (including phenoxy) is 1. The van der Waals surface area contributed by atoms with Crippen molar-refractivity contribution in [1.29, 1.82) is 0 Å². The van der Waals surface area contributed by atoms with Gasteiger partial charge in [0.1, 0.15) is 5.75 Å². The number of aliphatic hydroxyl groups is 1. The van der Waals surface area contributed by atoms with Crippen LogP contribution in [0.3, 0.4) is 0 Å². The number of aliphatic hydroxyl groups excluding tert-OH is 1. The minimum atomic E-state index is -0.566. The van der Waals surface area contributed by atoms with Crippen LogP contribution in [-0.2, 0) is 13.0 Å². The molecule has 0 saturated carbocycles. The summed E-state index contributed by atoms with van der Waals surface area (Å²) in [5.41, 5.74) is 1.83. The number of para-hydroxylation sites is 1. The van der Waals surface area contributed by atoms with Gasteiger partial charge < -0.3 is 14.4 Å². The van der Waals surface area contributed by atoms with E-state index in [1.54, 1.807) is 19.6 Å². The number of hydrogen-bond acceptors (Lipinski definition) is 3. The van der Waals surface area contributed by atoms with Gasteiger partial charge in [-0.3, -0.25) is 0 Å². The Hall–Kier alpha value is -1.81. The maximum Gasteiger partial charge on any atom is 0.122 e. The Balaban J connectivity index is 2.18. The number of aryl methyl sites for hydroxylation is 1. The third kappa shape index (κ3) is 2.54. The molecule has 1 aromatic heterocycles. The van der Waals surface area contributed by atoms with Crippen molar-refractivity contribution in [2.45, 2.75) is 26.0 Å². The van der Waals surface area contributed by atoms with Crippen LogP contribution in [0.15, 0.2) is 36.8 Å². The monoisotopic (exact) mass is 246 g/mol. The first kappa shape index (κ1) is 12.6. The Morgan fingerprint density at radius 2 is 2.17 bits per heavy atom. The van der Waals surface area contributed by atoms with Gasteiger partial charge in [0.2, 0.25) is 0 Å². The Labute approximate surface area is 107 Å². The Bertz CT molecular complexity index is 508. The first-order chi connectivity index (χ1) is 8.76. The molecule has 0 radical (unpaired) electrons. The van der Waals surface area contributed by atoms with Gasteiger partial charge in [0.25, 0.3) is 0 Å². The summed E-state index contributed by atoms with van der Waals surface area (Å²) in [6, 6.07) is 7.74. The average Bonchev–Trinajstić information content (AvgIpc) is 2.87. The molecule has 96 valence electrons. The van der Waals surface area contributed by atoms with Crippen LogP contribution in [0, 0.1) is 0 Å². The van der Waals surface area contributed by atoms with Crippen molar-refractivity contribution in [3.63, 3.8) is 0 Å². The molecule has 2 aromatic rings. The maximum absolute atomic E-state index is 10.3. The second-order valence-corrected chi connectivity index (χ2v) is 4.14. The molecule has 18 heavy (non-hydrogen) atoms. The van der Waals surface area contributed by atoms with E-state index in [4.69, 9.17) is 4.74 Å². The van der Waals surface area contributed by atoms with Crippen molar-refractivity contribution in [2.24, 2.45) is 0 Å². The van der Waals surface area contributed by atoms with Gasteiger partial charge in [-0.1, -0.05) is 18.2 Å². The number of methoxy groups -OCH3 is 1. The number of benzene rings is 1. The quantitative estimate of drug-likeness (QED) is 0.879. The minimum absolute atomic E-state index is 0.524. The fourth-order valence-electron chi connectivity index (χ4n) is 2.06. The highest BCUT2D eigenvalue weighted by Crippen LogP contribution is 2.24. The lowest BCUT2D eigenvalue weighted by Crippen LogP contribution is -2.09. The molecular weight excluding hydrogens is 228 g/mol. The predicted molar refractivity (Wildman–Crippen MR) is 69.6 cm³/mol. The summed E-state index contributed by atoms with van der Waals surface area (Å²) in [5, 5.41) is 10.3. The van der Waals surface area contributed by atoms with Crippen LogP contribution in [0.5, 0.6) is 5.75 Å². The van der Waals surface area contributed by atoms with Crippen LogP contribution in [0.25, 0.3) is 0 Å². The predicted octanol–water partition coefficient (Wildman–Crippen LogP) is 2.19. The lowest BCUT2D eigenvalue weighted by atomic mass is 10.0. The van der Waals surface area contributed by atoms with E-state index in [9.17, 15) is 5.11 Å². The third-order valence-electron chi connectivity index (χ3n) is 3.03. The highest BCUT2D eigenvalue weighted by Gasteiger charge is 2.15. The van der Waals surface area contributed by atoms with Gasteiger partial charge >= 0.3 is 0 Å². The molecule has 4 nitrogen and oxygen atoms in total. The van der Waals surface area contributed by atoms with Gasteiger partial charge in [0.05, 0.1) is 31.4 Å². The zero-order chi connectivity index (χ0) is 13.0. The molecule has 1 aromatic carbocycles. The highest BCUT2D eigenvalue weighted by molar-refractivity contribution is 5.34. The summed E-state index contributed by atoms with van der Waals surface area (Å²) >= 11 is 0. The van der Waals surface area contributed by atoms with E-state index in [0.717, 1.165) is 23.6 Å². The molecule has 2 rings (SSSR count). The van der Waals surface area contributed by atoms with Crippen molar-refractivity contribution in [3.05, 3.63) is 48.0 Å². The molecular formula is C14H18N2O2. The number of imidazole rings is 1. The second-order valence-electron chi connectivity index (χ2n) is 4.14. The van der Waals surface area contributed by atoms with Gasteiger partial charge in [-0.05, 0) is 18.6 Å². The maximum atomic E-state index is 10.3. The molecule has 0 aliphatic heterocycles. The van der Waals surface area contributed by atoms with E-state index < -0.39 is 6.10 Å². The molecule has 0 aliphatic carbocycles. The summed E-state index contributed by atoms with van der Waals surface area (Å²) in [6.07, 6.45) is 3.41. The molecule has 0 saturated heterocycles. The van der Waals surface area contributed by atoms with Crippen LogP contribution in [0.4, 0.5) is 0 Å². The molecule has 0 amide bonds. The standard InChI is InChI=1S/C14H18N2O2/c1-3-16-10-15-9-12(16)13(17)8-11-6-4-5-7-14(11)18-2/h4-7,9-10,13,17H,3,8H2,1-2H3. The highest BCUT2D eigenvalue weighted by atomic mass is 16.5. The molecule has 0 spiro atoms. The van der Waals surface area contributed by atoms with Crippen LogP contribution < -0.4 is 4.74 Å². The van der Waals surface area contributed by atoms with Gasteiger partial charge in [-0.25, -0.2) is 4.98 Å². The normalized spacial score (nSPS) is 12.4. The van der Waals surface area contributed by atoms with E-state index >= 15 is 0 Å². The fraction of sp³-hybridized carbons (Fsp3) is 0.357. The SMILES string of the molecule is CCn1cncc1C(O)Cc1ccccc1OC.